The van der Waals surface area contributed by atoms with Crippen LogP contribution in [0.3, 0.4) is 0 Å². The van der Waals surface area contributed by atoms with Gasteiger partial charge in [-0.25, -0.2) is 9.37 Å². The molecule has 1 aliphatic heterocycles. The number of aryl methyl sites for hydroxylation is 1. The molecule has 0 radical (unpaired) electrons. The van der Waals surface area contributed by atoms with E-state index < -0.39 is 5.82 Å². The predicted octanol–water partition coefficient (Wildman–Crippen LogP) is 3.19. The summed E-state index contributed by atoms with van der Waals surface area (Å²) < 4.78 is 13.3. The molecule has 0 saturated carbocycles. The maximum absolute atomic E-state index is 13.3. The van der Waals surface area contributed by atoms with Crippen LogP contribution >= 0.6 is 0 Å². The van der Waals surface area contributed by atoms with Gasteiger partial charge in [0.25, 0.3) is 0 Å². The molecule has 0 bridgehead atoms. The Kier molecular flexibility index (Phi) is 3.40. The molecule has 1 aromatic heterocycles. The largest absolute Gasteiger partial charge is 0.392 e. The minimum atomic E-state index is -0.421. The highest BCUT2D eigenvalue weighted by Crippen LogP contribution is 2.37. The second kappa shape index (κ2) is 5.21. The van der Waals surface area contributed by atoms with Gasteiger partial charge in [-0.3, -0.25) is 0 Å². The second-order valence-corrected chi connectivity index (χ2v) is 5.18. The van der Waals surface area contributed by atoms with Crippen LogP contribution in [0.2, 0.25) is 0 Å². The minimum Gasteiger partial charge on any atom is -0.392 e. The molecular weight excluding hydrogens is 255 g/mol. The number of halogens is 1. The van der Waals surface area contributed by atoms with Crippen molar-refractivity contribution in [3.05, 3.63) is 53.5 Å². The molecule has 0 spiro atoms. The van der Waals surface area contributed by atoms with E-state index >= 15 is 0 Å². The first kappa shape index (κ1) is 13.1. The van der Waals surface area contributed by atoms with Gasteiger partial charge < -0.3 is 10.0 Å². The summed E-state index contributed by atoms with van der Waals surface area (Å²) in [7, 11) is 0. The van der Waals surface area contributed by atoms with Crippen LogP contribution in [0.1, 0.15) is 24.5 Å². The molecule has 1 aromatic carbocycles. The van der Waals surface area contributed by atoms with E-state index in [4.69, 9.17) is 0 Å². The van der Waals surface area contributed by atoms with E-state index in [-0.39, 0.29) is 12.6 Å². The smallest absolute Gasteiger partial charge is 0.142 e. The Morgan fingerprint density at radius 3 is 3.00 bits per heavy atom. The quantitative estimate of drug-likeness (QED) is 0.912. The molecule has 20 heavy (non-hydrogen) atoms. The third kappa shape index (κ3) is 2.16. The number of rotatable bonds is 2. The van der Waals surface area contributed by atoms with Crippen LogP contribution in [0, 0.1) is 5.82 Å². The van der Waals surface area contributed by atoms with Crippen LogP contribution in [-0.2, 0) is 13.0 Å². The van der Waals surface area contributed by atoms with Crippen molar-refractivity contribution in [3.8, 4) is 0 Å². The zero-order valence-electron chi connectivity index (χ0n) is 11.4. The number of nitrogens with zero attached hydrogens (tertiary/aromatic N) is 2. The van der Waals surface area contributed by atoms with Crippen LogP contribution in [-0.4, -0.2) is 16.1 Å². The summed E-state index contributed by atoms with van der Waals surface area (Å²) in [5, 5.41) is 9.47. The number of benzene rings is 1. The normalized spacial score (nSPS) is 17.9. The zero-order valence-corrected chi connectivity index (χ0v) is 11.4. The predicted molar refractivity (Wildman–Crippen MR) is 76.5 cm³/mol. The number of para-hydroxylation sites is 1. The molecule has 1 atom stereocenters. The van der Waals surface area contributed by atoms with Gasteiger partial charge in [-0.05, 0) is 37.5 Å². The van der Waals surface area contributed by atoms with Crippen molar-refractivity contribution in [3.63, 3.8) is 0 Å². The maximum Gasteiger partial charge on any atom is 0.142 e. The molecule has 0 saturated heterocycles. The van der Waals surface area contributed by atoms with Crippen LogP contribution in [0.25, 0.3) is 0 Å². The van der Waals surface area contributed by atoms with Crippen molar-refractivity contribution in [2.45, 2.75) is 32.4 Å². The van der Waals surface area contributed by atoms with Crippen molar-refractivity contribution < 1.29 is 9.50 Å². The third-order valence-electron chi connectivity index (χ3n) is 3.83. The van der Waals surface area contributed by atoms with Crippen LogP contribution in [0.15, 0.2) is 36.5 Å². The fourth-order valence-electron chi connectivity index (χ4n) is 2.82. The Balaban J connectivity index is 2.14. The number of aliphatic hydroxyl groups excluding tert-OH is 1. The molecule has 3 nitrogen and oxygen atoms in total. The topological polar surface area (TPSA) is 36.4 Å². The van der Waals surface area contributed by atoms with Gasteiger partial charge in [0.1, 0.15) is 11.6 Å². The SMILES string of the molecule is CC1CCc2ccccc2N1c1ncc(F)cc1CO. The van der Waals surface area contributed by atoms with Gasteiger partial charge in [-0.2, -0.15) is 0 Å². The Hall–Kier alpha value is -1.94. The standard InChI is InChI=1S/C16H17FN2O/c1-11-6-7-12-4-2-3-5-15(12)19(11)16-13(10-20)8-14(17)9-18-16/h2-5,8-9,11,20H,6-7,10H2,1H3. The fraction of sp³-hybridized carbons (Fsp3) is 0.312. The lowest BCUT2D eigenvalue weighted by molar-refractivity contribution is 0.281. The zero-order chi connectivity index (χ0) is 14.1. The lowest BCUT2D eigenvalue weighted by atomic mass is 9.96. The number of fused-ring (bicyclic) bond motifs is 1. The molecule has 1 N–H and O–H groups in total. The third-order valence-corrected chi connectivity index (χ3v) is 3.83. The van der Waals surface area contributed by atoms with Gasteiger partial charge >= 0.3 is 0 Å². The lowest BCUT2D eigenvalue weighted by Gasteiger charge is -2.37. The van der Waals surface area contributed by atoms with Crippen molar-refractivity contribution in [1.82, 2.24) is 4.98 Å². The Morgan fingerprint density at radius 2 is 2.20 bits per heavy atom. The molecule has 0 aliphatic carbocycles. The summed E-state index contributed by atoms with van der Waals surface area (Å²) in [6, 6.07) is 9.80. The second-order valence-electron chi connectivity index (χ2n) is 5.18. The van der Waals surface area contributed by atoms with E-state index in [0.717, 1.165) is 18.5 Å². The molecule has 0 amide bonds. The van der Waals surface area contributed by atoms with Gasteiger partial charge in [-0.15, -0.1) is 0 Å². The summed E-state index contributed by atoms with van der Waals surface area (Å²) >= 11 is 0. The van der Waals surface area contributed by atoms with E-state index in [2.05, 4.69) is 28.9 Å². The average Bonchev–Trinajstić information content (AvgIpc) is 2.48. The van der Waals surface area contributed by atoms with Gasteiger partial charge in [0.05, 0.1) is 12.8 Å². The number of hydrogen-bond donors (Lipinski definition) is 1. The Labute approximate surface area is 117 Å². The summed E-state index contributed by atoms with van der Waals surface area (Å²) in [6.45, 7) is 1.91. The van der Waals surface area contributed by atoms with E-state index in [1.165, 1.54) is 17.8 Å². The molecule has 4 heteroatoms. The van der Waals surface area contributed by atoms with Crippen molar-refractivity contribution >= 4 is 11.5 Å². The summed E-state index contributed by atoms with van der Waals surface area (Å²) in [6.07, 6.45) is 3.25. The maximum atomic E-state index is 13.3. The van der Waals surface area contributed by atoms with E-state index in [0.29, 0.717) is 11.4 Å². The monoisotopic (exact) mass is 272 g/mol. The summed E-state index contributed by atoms with van der Waals surface area (Å²) in [5.74, 6) is 0.226. The van der Waals surface area contributed by atoms with E-state index in [1.54, 1.807) is 0 Å². The Bertz CT molecular complexity index is 630. The number of hydrogen-bond acceptors (Lipinski definition) is 3. The summed E-state index contributed by atoms with van der Waals surface area (Å²) in [5.41, 5.74) is 2.88. The number of pyridine rings is 1. The van der Waals surface area contributed by atoms with Crippen molar-refractivity contribution in [1.29, 1.82) is 0 Å². The number of anilines is 2. The average molecular weight is 272 g/mol. The Morgan fingerprint density at radius 1 is 1.40 bits per heavy atom. The fourth-order valence-corrected chi connectivity index (χ4v) is 2.82. The van der Waals surface area contributed by atoms with Gasteiger partial charge in [0.2, 0.25) is 0 Å². The molecule has 1 aliphatic rings. The molecular formula is C16H17FN2O. The van der Waals surface area contributed by atoms with E-state index in [9.17, 15) is 9.50 Å². The van der Waals surface area contributed by atoms with Gasteiger partial charge in [-0.1, -0.05) is 18.2 Å². The highest BCUT2D eigenvalue weighted by atomic mass is 19.1. The van der Waals surface area contributed by atoms with Gasteiger partial charge in [0, 0.05) is 17.3 Å². The first-order chi connectivity index (χ1) is 9.70. The molecule has 2 heterocycles. The molecule has 0 fully saturated rings. The van der Waals surface area contributed by atoms with Crippen LogP contribution in [0.4, 0.5) is 15.9 Å². The van der Waals surface area contributed by atoms with Crippen molar-refractivity contribution in [2.24, 2.45) is 0 Å². The van der Waals surface area contributed by atoms with Crippen LogP contribution in [0.5, 0.6) is 0 Å². The number of aliphatic hydroxyl groups is 1. The molecule has 3 rings (SSSR count). The minimum absolute atomic E-state index is 0.217. The molecule has 1 unspecified atom stereocenters. The first-order valence-electron chi connectivity index (χ1n) is 6.83. The van der Waals surface area contributed by atoms with Crippen molar-refractivity contribution in [2.75, 3.05) is 4.90 Å². The molecule has 2 aromatic rings. The highest BCUT2D eigenvalue weighted by Gasteiger charge is 2.26. The summed E-state index contributed by atoms with van der Waals surface area (Å²) in [4.78, 5) is 6.31. The van der Waals surface area contributed by atoms with E-state index in [1.807, 2.05) is 12.1 Å². The first-order valence-corrected chi connectivity index (χ1v) is 6.83. The van der Waals surface area contributed by atoms with Crippen LogP contribution < -0.4 is 4.90 Å². The molecule has 104 valence electrons. The lowest BCUT2D eigenvalue weighted by Crippen LogP contribution is -2.34. The van der Waals surface area contributed by atoms with Gasteiger partial charge in [0.15, 0.2) is 0 Å². The number of aromatic nitrogens is 1. The highest BCUT2D eigenvalue weighted by molar-refractivity contribution is 5.68.